The number of hydrogen-bond donors (Lipinski definition) is 1. The highest BCUT2D eigenvalue weighted by Gasteiger charge is 2.20. The van der Waals surface area contributed by atoms with Crippen LogP contribution in [-0.2, 0) is 4.79 Å². The van der Waals surface area contributed by atoms with Gasteiger partial charge < -0.3 is 15.0 Å². The van der Waals surface area contributed by atoms with E-state index >= 15 is 0 Å². The minimum absolute atomic E-state index is 0.0129. The van der Waals surface area contributed by atoms with Crippen LogP contribution < -0.4 is 10.1 Å². The van der Waals surface area contributed by atoms with E-state index < -0.39 is 4.92 Å². The van der Waals surface area contributed by atoms with E-state index in [1.807, 2.05) is 0 Å². The Kier molecular flexibility index (Phi) is 4.34. The van der Waals surface area contributed by atoms with Crippen molar-refractivity contribution in [1.29, 1.82) is 0 Å². The SMILES string of the molecule is COc1ccc([N+](=O)[O-])c(NCC(=O)N2CCCC2)n1. The molecular formula is C12H16N4O4. The molecule has 1 amide bonds. The van der Waals surface area contributed by atoms with Crippen molar-refractivity contribution >= 4 is 17.4 Å². The highest BCUT2D eigenvalue weighted by molar-refractivity contribution is 5.81. The van der Waals surface area contributed by atoms with Gasteiger partial charge in [-0.3, -0.25) is 14.9 Å². The molecule has 1 N–H and O–H groups in total. The summed E-state index contributed by atoms with van der Waals surface area (Å²) in [6.45, 7) is 1.48. The minimum atomic E-state index is -0.547. The van der Waals surface area contributed by atoms with Gasteiger partial charge in [0.2, 0.25) is 17.6 Å². The van der Waals surface area contributed by atoms with Gasteiger partial charge in [0, 0.05) is 25.2 Å². The molecule has 2 rings (SSSR count). The summed E-state index contributed by atoms with van der Waals surface area (Å²) in [5.41, 5.74) is -0.181. The first-order valence-electron chi connectivity index (χ1n) is 6.33. The lowest BCUT2D eigenvalue weighted by Crippen LogP contribution is -2.33. The van der Waals surface area contributed by atoms with Gasteiger partial charge in [-0.2, -0.15) is 4.98 Å². The molecule has 0 bridgehead atoms. The predicted octanol–water partition coefficient (Wildman–Crippen LogP) is 1.03. The summed E-state index contributed by atoms with van der Waals surface area (Å²) in [6.07, 6.45) is 2.01. The Hall–Kier alpha value is -2.38. The lowest BCUT2D eigenvalue weighted by molar-refractivity contribution is -0.384. The number of pyridine rings is 1. The lowest BCUT2D eigenvalue weighted by atomic mass is 10.3. The third-order valence-corrected chi connectivity index (χ3v) is 3.12. The number of methoxy groups -OCH3 is 1. The number of carbonyl (C=O) groups is 1. The van der Waals surface area contributed by atoms with Gasteiger partial charge in [0.1, 0.15) is 0 Å². The van der Waals surface area contributed by atoms with E-state index in [1.54, 1.807) is 4.90 Å². The molecule has 20 heavy (non-hydrogen) atoms. The standard InChI is InChI=1S/C12H16N4O4/c1-20-10-5-4-9(16(18)19)12(14-10)13-8-11(17)15-6-2-3-7-15/h4-5H,2-3,6-8H2,1H3,(H,13,14). The van der Waals surface area contributed by atoms with Crippen molar-refractivity contribution in [2.75, 3.05) is 32.1 Å². The molecule has 1 aromatic heterocycles. The molecule has 1 fully saturated rings. The fraction of sp³-hybridized carbons (Fsp3) is 0.500. The number of aromatic nitrogens is 1. The van der Waals surface area contributed by atoms with E-state index in [1.165, 1.54) is 19.2 Å². The monoisotopic (exact) mass is 280 g/mol. The van der Waals surface area contributed by atoms with Crippen LogP contribution in [0.2, 0.25) is 0 Å². The van der Waals surface area contributed by atoms with Crippen LogP contribution in [0.15, 0.2) is 12.1 Å². The first kappa shape index (κ1) is 14.0. The molecule has 0 aromatic carbocycles. The van der Waals surface area contributed by atoms with Gasteiger partial charge in [-0.05, 0) is 12.8 Å². The summed E-state index contributed by atoms with van der Waals surface area (Å²) >= 11 is 0. The van der Waals surface area contributed by atoms with Crippen LogP contribution in [-0.4, -0.2) is 47.5 Å². The summed E-state index contributed by atoms with van der Waals surface area (Å²) in [5, 5.41) is 13.6. The van der Waals surface area contributed by atoms with Gasteiger partial charge in [-0.25, -0.2) is 0 Å². The Bertz CT molecular complexity index is 514. The first-order chi connectivity index (χ1) is 9.61. The Labute approximate surface area is 115 Å². The molecule has 1 aliphatic rings. The lowest BCUT2D eigenvalue weighted by Gasteiger charge is -2.15. The fourth-order valence-corrected chi connectivity index (χ4v) is 2.06. The molecule has 8 heteroatoms. The second kappa shape index (κ2) is 6.18. The molecule has 1 aromatic rings. The highest BCUT2D eigenvalue weighted by atomic mass is 16.6. The van der Waals surface area contributed by atoms with Gasteiger partial charge in [-0.15, -0.1) is 0 Å². The number of nitrogens with one attached hydrogen (secondary N) is 1. The van der Waals surface area contributed by atoms with Crippen molar-refractivity contribution in [3.8, 4) is 5.88 Å². The van der Waals surface area contributed by atoms with Crippen molar-refractivity contribution in [1.82, 2.24) is 9.88 Å². The van der Waals surface area contributed by atoms with Crippen molar-refractivity contribution in [2.45, 2.75) is 12.8 Å². The maximum Gasteiger partial charge on any atom is 0.311 e. The molecule has 2 heterocycles. The third kappa shape index (κ3) is 3.14. The third-order valence-electron chi connectivity index (χ3n) is 3.12. The number of ether oxygens (including phenoxy) is 1. The van der Waals surface area contributed by atoms with Gasteiger partial charge >= 0.3 is 5.69 Å². The number of amides is 1. The van der Waals surface area contributed by atoms with Crippen LogP contribution in [0.4, 0.5) is 11.5 Å². The Morgan fingerprint density at radius 3 is 2.80 bits per heavy atom. The number of hydrogen-bond acceptors (Lipinski definition) is 6. The maximum absolute atomic E-state index is 11.9. The number of nitrogens with zero attached hydrogens (tertiary/aromatic N) is 3. The molecule has 0 radical (unpaired) electrons. The number of anilines is 1. The van der Waals surface area contributed by atoms with Gasteiger partial charge in [0.15, 0.2) is 0 Å². The normalized spacial score (nSPS) is 14.2. The summed E-state index contributed by atoms with van der Waals surface area (Å²) in [5.74, 6) is 0.218. The second-order valence-electron chi connectivity index (χ2n) is 4.42. The molecule has 1 aliphatic heterocycles. The average molecular weight is 280 g/mol. The number of rotatable bonds is 5. The summed E-state index contributed by atoms with van der Waals surface area (Å²) in [6, 6.07) is 2.71. The van der Waals surface area contributed by atoms with Crippen LogP contribution >= 0.6 is 0 Å². The Morgan fingerprint density at radius 1 is 1.50 bits per heavy atom. The zero-order chi connectivity index (χ0) is 14.5. The topological polar surface area (TPSA) is 97.6 Å². The van der Waals surface area contributed by atoms with E-state index in [-0.39, 0.29) is 29.8 Å². The van der Waals surface area contributed by atoms with Gasteiger partial charge in [-0.1, -0.05) is 0 Å². The van der Waals surface area contributed by atoms with E-state index in [9.17, 15) is 14.9 Å². The number of nitro groups is 1. The molecule has 0 aliphatic carbocycles. The van der Waals surface area contributed by atoms with Crippen molar-refractivity contribution in [2.24, 2.45) is 0 Å². The van der Waals surface area contributed by atoms with E-state index in [2.05, 4.69) is 10.3 Å². The largest absolute Gasteiger partial charge is 0.481 e. The van der Waals surface area contributed by atoms with Crippen molar-refractivity contribution in [3.05, 3.63) is 22.2 Å². The zero-order valence-electron chi connectivity index (χ0n) is 11.2. The molecule has 108 valence electrons. The zero-order valence-corrected chi connectivity index (χ0v) is 11.2. The summed E-state index contributed by atoms with van der Waals surface area (Å²) < 4.78 is 4.93. The molecule has 1 saturated heterocycles. The minimum Gasteiger partial charge on any atom is -0.481 e. The van der Waals surface area contributed by atoms with Crippen molar-refractivity contribution < 1.29 is 14.5 Å². The molecule has 0 unspecified atom stereocenters. The molecule has 8 nitrogen and oxygen atoms in total. The molecule has 0 atom stereocenters. The Balaban J connectivity index is 2.06. The Morgan fingerprint density at radius 2 is 2.20 bits per heavy atom. The first-order valence-corrected chi connectivity index (χ1v) is 6.33. The second-order valence-corrected chi connectivity index (χ2v) is 4.42. The maximum atomic E-state index is 11.9. The van der Waals surface area contributed by atoms with Crippen LogP contribution in [0.1, 0.15) is 12.8 Å². The summed E-state index contributed by atoms with van der Waals surface area (Å²) in [4.78, 5) is 28.0. The summed E-state index contributed by atoms with van der Waals surface area (Å²) in [7, 11) is 1.42. The van der Waals surface area contributed by atoms with Crippen LogP contribution in [0.5, 0.6) is 5.88 Å². The van der Waals surface area contributed by atoms with Crippen LogP contribution in [0.3, 0.4) is 0 Å². The quantitative estimate of drug-likeness (QED) is 0.639. The smallest absolute Gasteiger partial charge is 0.311 e. The van der Waals surface area contributed by atoms with Crippen LogP contribution in [0.25, 0.3) is 0 Å². The van der Waals surface area contributed by atoms with Crippen LogP contribution in [0, 0.1) is 10.1 Å². The highest BCUT2D eigenvalue weighted by Crippen LogP contribution is 2.24. The number of carbonyl (C=O) groups excluding carboxylic acids is 1. The van der Waals surface area contributed by atoms with Gasteiger partial charge in [0.05, 0.1) is 18.6 Å². The van der Waals surface area contributed by atoms with E-state index in [0.717, 1.165) is 25.9 Å². The molecular weight excluding hydrogens is 264 g/mol. The van der Waals surface area contributed by atoms with E-state index in [4.69, 9.17) is 4.74 Å². The molecule has 0 spiro atoms. The van der Waals surface area contributed by atoms with Gasteiger partial charge in [0.25, 0.3) is 0 Å². The predicted molar refractivity (Wildman–Crippen MR) is 71.7 cm³/mol. The number of likely N-dealkylation sites (tertiary alicyclic amines) is 1. The molecule has 0 saturated carbocycles. The average Bonchev–Trinajstić information content (AvgIpc) is 2.98. The van der Waals surface area contributed by atoms with E-state index in [0.29, 0.717) is 0 Å². The van der Waals surface area contributed by atoms with Crippen molar-refractivity contribution in [3.63, 3.8) is 0 Å². The fourth-order valence-electron chi connectivity index (χ4n) is 2.06.